The van der Waals surface area contributed by atoms with Gasteiger partial charge < -0.3 is 38.3 Å². The minimum atomic E-state index is 0. The summed E-state index contributed by atoms with van der Waals surface area (Å²) in [7, 11) is 0. The number of hydrogen-bond acceptors (Lipinski definition) is 2. The maximum Gasteiger partial charge on any atom is 0 e. The van der Waals surface area contributed by atoms with E-state index in [0.717, 1.165) is 0 Å². The molecule has 0 saturated carbocycles. The van der Waals surface area contributed by atoms with Crippen molar-refractivity contribution in [2.24, 2.45) is 0 Å². The first kappa shape index (κ1) is 1230. The third kappa shape index (κ3) is 656. The fourth-order valence-corrected chi connectivity index (χ4v) is 0. The van der Waals surface area contributed by atoms with Gasteiger partial charge >= 0.3 is 0 Å². The normalized spacial score (nSPS) is 0. The van der Waals surface area contributed by atoms with Gasteiger partial charge in [-0.05, 0) is 0 Å². The number of rotatable bonds is 0. The van der Waals surface area contributed by atoms with Crippen molar-refractivity contribution in [2.75, 3.05) is 0 Å². The molecule has 0 spiro atoms. The van der Waals surface area contributed by atoms with Crippen LogP contribution in [-0.4, -0.2) is 38.3 Å². The van der Waals surface area contributed by atoms with Crippen molar-refractivity contribution in [2.45, 2.75) is 0 Å². The predicted molar refractivity (Wildman–Crippen MR) is 21.9 cm³/mol. The maximum atomic E-state index is 0. The first-order chi connectivity index (χ1) is 0. The van der Waals surface area contributed by atoms with Crippen molar-refractivity contribution in [3.05, 3.63) is 0 Å². The molecule has 0 aromatic heterocycles. The summed E-state index contributed by atoms with van der Waals surface area (Å²) in [4.78, 5) is 0. The Morgan fingerprint density at radius 2 is 0.333 bits per heavy atom. The predicted octanol–water partition coefficient (Wildman–Crippen LogP) is -4.48. The summed E-state index contributed by atoms with van der Waals surface area (Å²) in [5.74, 6) is 0. The first-order valence-electron chi connectivity index (χ1n) is 0. The van der Waals surface area contributed by atoms with Crippen molar-refractivity contribution in [3.63, 3.8) is 0 Å². The van der Waals surface area contributed by atoms with E-state index in [1.807, 2.05) is 0 Å². The topological polar surface area (TPSA) is 218 Å². The summed E-state index contributed by atoms with van der Waals surface area (Å²) in [6.45, 7) is 0. The molecule has 0 rings (SSSR count). The smallest absolute Gasteiger partial charge is 0 e. The van der Waals surface area contributed by atoms with Gasteiger partial charge in [-0.25, -0.2) is 0 Å². The molecular weight excluding hydrogens is 216 g/mol. The van der Waals surface area contributed by atoms with Crippen LogP contribution >= 0.6 is 0 Å². The Balaban J connectivity index is 0. The van der Waals surface area contributed by atoms with Gasteiger partial charge in [0.05, 0.1) is 0 Å². The Morgan fingerprint density at radius 1 is 0.333 bits per heavy atom. The number of hydrogen-bond donors (Lipinski definition) is 0. The summed E-state index contributed by atoms with van der Waals surface area (Å²) in [6, 6.07) is 0. The molecule has 0 radical (unpaired) electrons. The van der Waals surface area contributed by atoms with Crippen molar-refractivity contribution >= 4 is 0 Å². The molecule has 0 aromatic rings. The quantitative estimate of drug-likeness (QED) is 0.400. The standard InChI is InChI=1S/2Cr.7H2O/h;;7*1H2/p-2. The molecule has 0 amide bonds. The Bertz CT molecular complexity index is 6.88. The van der Waals surface area contributed by atoms with Crippen LogP contribution in [0.25, 0.3) is 0 Å². The third-order valence-electron chi connectivity index (χ3n) is 0. The molecule has 0 fully saturated rings. The maximum absolute atomic E-state index is 0. The van der Waals surface area contributed by atoms with Crippen LogP contribution in [0.15, 0.2) is 0 Å². The van der Waals surface area contributed by atoms with Gasteiger partial charge in [0.2, 0.25) is 0 Å². The van der Waals surface area contributed by atoms with Crippen molar-refractivity contribution in [1.29, 1.82) is 0 Å². The molecule has 12 N–H and O–H groups in total. The van der Waals surface area contributed by atoms with E-state index in [0.29, 0.717) is 0 Å². The van der Waals surface area contributed by atoms with Gasteiger partial charge in [0.15, 0.2) is 0 Å². The van der Waals surface area contributed by atoms with Crippen molar-refractivity contribution in [1.82, 2.24) is 0 Å². The zero-order chi connectivity index (χ0) is 0. The van der Waals surface area contributed by atoms with Gasteiger partial charge in [-0.1, -0.05) is 0 Å². The van der Waals surface area contributed by atoms with E-state index < -0.39 is 0 Å². The van der Waals surface area contributed by atoms with Crippen LogP contribution in [0.3, 0.4) is 0 Å². The molecule has 0 unspecified atom stereocenters. The third-order valence-corrected chi connectivity index (χ3v) is 0. The molecule has 0 aliphatic carbocycles. The second-order valence-electron chi connectivity index (χ2n) is 0. The van der Waals surface area contributed by atoms with Crippen LogP contribution in [0.5, 0.6) is 0 Å². The monoisotopic (exact) mass is 228 g/mol. The summed E-state index contributed by atoms with van der Waals surface area (Å²) in [5, 5.41) is 0. The van der Waals surface area contributed by atoms with E-state index in [4.69, 9.17) is 0 Å². The molecule has 0 aliphatic heterocycles. The van der Waals surface area contributed by atoms with Crippen LogP contribution in [0, 0.1) is 0 Å². The second-order valence-corrected chi connectivity index (χ2v) is 0. The molecular formula is H12Cr2O7-2. The average Bonchev–Trinajstić information content (AvgIpc) is 0. The Labute approximate surface area is 73.5 Å². The molecule has 9 heavy (non-hydrogen) atoms. The SMILES string of the molecule is O.O.O.O.O.[Cr].[Cr].[OH-].[OH-]. The van der Waals surface area contributed by atoms with Gasteiger partial charge in [0.25, 0.3) is 0 Å². The molecule has 0 aliphatic rings. The molecule has 9 heteroatoms. The Morgan fingerprint density at radius 3 is 0.333 bits per heavy atom. The van der Waals surface area contributed by atoms with Crippen molar-refractivity contribution in [3.8, 4) is 0 Å². The van der Waals surface area contributed by atoms with Gasteiger partial charge in [0, 0.05) is 34.7 Å². The van der Waals surface area contributed by atoms with E-state index in [9.17, 15) is 0 Å². The Kier molecular flexibility index (Phi) is 118000. The van der Waals surface area contributed by atoms with E-state index >= 15 is 0 Å². The molecule has 0 aromatic carbocycles. The summed E-state index contributed by atoms with van der Waals surface area (Å²) in [6.07, 6.45) is 0. The van der Waals surface area contributed by atoms with Crippen LogP contribution in [0.2, 0.25) is 0 Å². The van der Waals surface area contributed by atoms with Crippen LogP contribution < -0.4 is 0 Å². The largest absolute Gasteiger partial charge is 0.870 e. The summed E-state index contributed by atoms with van der Waals surface area (Å²) >= 11 is 0. The Hall–Kier alpha value is 0.785. The molecule has 7 nitrogen and oxygen atoms in total. The van der Waals surface area contributed by atoms with Gasteiger partial charge in [-0.2, -0.15) is 0 Å². The van der Waals surface area contributed by atoms with E-state index in [1.54, 1.807) is 0 Å². The van der Waals surface area contributed by atoms with Gasteiger partial charge in [-0.3, -0.25) is 0 Å². The fraction of sp³-hybridized carbons (Fsp3) is 0. The van der Waals surface area contributed by atoms with Gasteiger partial charge in [0.1, 0.15) is 0 Å². The first-order valence-corrected chi connectivity index (χ1v) is 0. The second kappa shape index (κ2) is 864. The minimum absolute atomic E-state index is 0. The molecule has 0 bridgehead atoms. The zero-order valence-electron chi connectivity index (χ0n) is 4.21. The van der Waals surface area contributed by atoms with Crippen LogP contribution in [0.1, 0.15) is 0 Å². The molecule has 0 atom stereocenters. The molecule has 68 valence electrons. The van der Waals surface area contributed by atoms with Crippen molar-refractivity contribution < 1.29 is 73.1 Å². The summed E-state index contributed by atoms with van der Waals surface area (Å²) < 4.78 is 0. The fourth-order valence-electron chi connectivity index (χ4n) is 0. The van der Waals surface area contributed by atoms with Crippen LogP contribution in [0.4, 0.5) is 0 Å². The molecule has 0 saturated heterocycles. The zero-order valence-corrected chi connectivity index (χ0v) is 6.76. The molecule has 0 heterocycles. The van der Waals surface area contributed by atoms with Crippen LogP contribution in [-0.2, 0) is 34.7 Å². The minimum Gasteiger partial charge on any atom is -0.870 e. The average molecular weight is 228 g/mol. The summed E-state index contributed by atoms with van der Waals surface area (Å²) in [5.41, 5.74) is 0. The van der Waals surface area contributed by atoms with E-state index in [2.05, 4.69) is 0 Å². The van der Waals surface area contributed by atoms with E-state index in [-0.39, 0.29) is 73.1 Å². The van der Waals surface area contributed by atoms with E-state index in [1.165, 1.54) is 0 Å². The van der Waals surface area contributed by atoms with Gasteiger partial charge in [-0.15, -0.1) is 0 Å².